The number of pyridine rings is 1. The van der Waals surface area contributed by atoms with E-state index in [1.54, 1.807) is 39.8 Å². The van der Waals surface area contributed by atoms with Gasteiger partial charge in [-0.05, 0) is 69.5 Å². The lowest BCUT2D eigenvalue weighted by atomic mass is 9.97. The van der Waals surface area contributed by atoms with Gasteiger partial charge in [0.25, 0.3) is 0 Å². The lowest BCUT2D eigenvalue weighted by Gasteiger charge is -2.33. The van der Waals surface area contributed by atoms with Crippen molar-refractivity contribution in [3.63, 3.8) is 0 Å². The van der Waals surface area contributed by atoms with Crippen LogP contribution < -0.4 is 10.8 Å². The fourth-order valence-corrected chi connectivity index (χ4v) is 7.18. The van der Waals surface area contributed by atoms with Crippen LogP contribution in [0.3, 0.4) is 0 Å². The summed E-state index contributed by atoms with van der Waals surface area (Å²) in [5, 5.41) is 3.58. The highest BCUT2D eigenvalue weighted by Crippen LogP contribution is 2.46. The highest BCUT2D eigenvalue weighted by molar-refractivity contribution is 7.71. The first-order chi connectivity index (χ1) is 18.1. The Bertz CT molecular complexity index is 1450. The zero-order chi connectivity index (χ0) is 28.8. The lowest BCUT2D eigenvalue weighted by Crippen LogP contribution is -2.43. The van der Waals surface area contributed by atoms with Crippen LogP contribution in [0.15, 0.2) is 30.5 Å². The third kappa shape index (κ3) is 6.47. The van der Waals surface area contributed by atoms with Crippen LogP contribution in [-0.2, 0) is 15.5 Å². The number of nitrogens with zero attached hydrogens (tertiary/aromatic N) is 4. The first-order valence-electron chi connectivity index (χ1n) is 12.4. The predicted octanol–water partition coefficient (Wildman–Crippen LogP) is 6.42. The zero-order valence-electron chi connectivity index (χ0n) is 22.3. The predicted molar refractivity (Wildman–Crippen MR) is 145 cm³/mol. The summed E-state index contributed by atoms with van der Waals surface area (Å²) in [4.78, 5) is 26.9. The number of benzene rings is 1. The Morgan fingerprint density at radius 2 is 1.85 bits per heavy atom. The number of ether oxygens (including phenoxy) is 1. The van der Waals surface area contributed by atoms with Crippen molar-refractivity contribution < 1.29 is 27.3 Å². The van der Waals surface area contributed by atoms with Gasteiger partial charge in [0.15, 0.2) is 0 Å². The van der Waals surface area contributed by atoms with E-state index in [0.717, 1.165) is 6.07 Å². The minimum absolute atomic E-state index is 0.0650. The Morgan fingerprint density at radius 1 is 1.18 bits per heavy atom. The molecule has 1 aliphatic heterocycles. The Morgan fingerprint density at radius 3 is 2.46 bits per heavy atom. The number of rotatable bonds is 4. The molecule has 1 atom stereocenters. The molecule has 8 nitrogen and oxygen atoms in total. The highest BCUT2D eigenvalue weighted by atomic mass is 35.5. The van der Waals surface area contributed by atoms with Crippen LogP contribution in [-0.4, -0.2) is 57.0 Å². The van der Waals surface area contributed by atoms with Crippen LogP contribution in [0.4, 0.5) is 23.8 Å². The van der Waals surface area contributed by atoms with Gasteiger partial charge in [-0.2, -0.15) is 13.2 Å². The summed E-state index contributed by atoms with van der Waals surface area (Å²) >= 11 is 6.13. The second-order valence-electron chi connectivity index (χ2n) is 10.6. The van der Waals surface area contributed by atoms with Gasteiger partial charge in [0.1, 0.15) is 24.0 Å². The van der Waals surface area contributed by atoms with Crippen LogP contribution in [0.25, 0.3) is 10.9 Å². The molecule has 1 N–H and O–H groups in total. The molecule has 1 saturated heterocycles. The Balaban J connectivity index is 1.62. The van der Waals surface area contributed by atoms with E-state index in [-0.39, 0.29) is 42.1 Å². The molecule has 2 aromatic heterocycles. The van der Waals surface area contributed by atoms with E-state index in [4.69, 9.17) is 16.3 Å². The molecule has 4 rings (SSSR count). The Labute approximate surface area is 229 Å². The quantitative estimate of drug-likeness (QED) is 0.280. The van der Waals surface area contributed by atoms with E-state index in [0.29, 0.717) is 21.9 Å². The number of hydrogen-bond donors (Lipinski definition) is 1. The van der Waals surface area contributed by atoms with Gasteiger partial charge in [-0.15, -0.1) is 0 Å². The van der Waals surface area contributed by atoms with Crippen molar-refractivity contribution in [2.75, 3.05) is 30.7 Å². The summed E-state index contributed by atoms with van der Waals surface area (Å²) in [5.74, 6) is 0.289. The van der Waals surface area contributed by atoms with Crippen LogP contribution in [0, 0.1) is 6.92 Å². The molecule has 210 valence electrons. The van der Waals surface area contributed by atoms with Gasteiger partial charge in [-0.3, -0.25) is 4.98 Å². The van der Waals surface area contributed by atoms with E-state index in [2.05, 4.69) is 20.3 Å². The first-order valence-corrected chi connectivity index (χ1v) is 14.9. The summed E-state index contributed by atoms with van der Waals surface area (Å²) in [6.07, 6.45) is -2.99. The number of fused-ring (bicyclic) bond motifs is 1. The molecule has 0 aliphatic carbocycles. The number of aromatic nitrogens is 3. The number of nitrogens with one attached hydrogen (secondary N) is 1. The average Bonchev–Trinajstić information content (AvgIpc) is 2.82. The van der Waals surface area contributed by atoms with Crippen LogP contribution in [0.5, 0.6) is 0 Å². The molecule has 3 aromatic rings. The van der Waals surface area contributed by atoms with Gasteiger partial charge < -0.3 is 19.5 Å². The van der Waals surface area contributed by atoms with Gasteiger partial charge in [0.2, 0.25) is 5.28 Å². The molecule has 3 heterocycles. The van der Waals surface area contributed by atoms with Crippen molar-refractivity contribution in [2.45, 2.75) is 52.4 Å². The molecule has 39 heavy (non-hydrogen) atoms. The number of anilines is 1. The standard InChI is InChI=1S/C26H30ClF3N5O3P/c1-15-17(7-6-8-19(15)26(28,29)30)16(2)32-22-18-13-21(31-14-20(18)33-23(27)34-22)39(37)11-9-35(10-12-39)24(36)38-25(3,4)5/h6-8,13-14,16H,9-12H2,1-5H3,(H,32,33,34)/t16-/m1/s1. The fourth-order valence-electron chi connectivity index (χ4n) is 4.56. The van der Waals surface area contributed by atoms with E-state index in [1.165, 1.54) is 24.1 Å². The summed E-state index contributed by atoms with van der Waals surface area (Å²) in [7, 11) is -2.96. The van der Waals surface area contributed by atoms with Gasteiger partial charge >= 0.3 is 12.3 Å². The van der Waals surface area contributed by atoms with Crippen molar-refractivity contribution >= 4 is 47.0 Å². The van der Waals surface area contributed by atoms with Crippen molar-refractivity contribution in [1.29, 1.82) is 0 Å². The molecule has 13 heteroatoms. The van der Waals surface area contributed by atoms with Gasteiger partial charge in [0.05, 0.1) is 23.3 Å². The number of halogens is 4. The molecule has 0 bridgehead atoms. The number of hydrogen-bond acceptors (Lipinski definition) is 7. The maximum Gasteiger partial charge on any atom is 0.416 e. The van der Waals surface area contributed by atoms with E-state index in [9.17, 15) is 22.5 Å². The second-order valence-corrected chi connectivity index (χ2v) is 14.1. The molecule has 1 aliphatic rings. The molecule has 1 fully saturated rings. The normalized spacial score (nSPS) is 16.7. The molecule has 0 spiro atoms. The summed E-state index contributed by atoms with van der Waals surface area (Å²) < 4.78 is 59.7. The number of carbonyl (C=O) groups is 1. The molecule has 1 aromatic carbocycles. The monoisotopic (exact) mass is 583 g/mol. The minimum atomic E-state index is -4.48. The van der Waals surface area contributed by atoms with Crippen LogP contribution >= 0.6 is 18.7 Å². The first kappa shape index (κ1) is 29.1. The summed E-state index contributed by atoms with van der Waals surface area (Å²) in [6.45, 7) is 9.04. The molecular weight excluding hydrogens is 554 g/mol. The fraction of sp³-hybridized carbons (Fsp3) is 0.462. The van der Waals surface area contributed by atoms with Crippen LogP contribution in [0.2, 0.25) is 5.28 Å². The summed E-state index contributed by atoms with van der Waals surface area (Å²) in [5.41, 5.74) is -0.0141. The SMILES string of the molecule is Cc1c([C@@H](C)Nc2nc(Cl)nc3cnc(P4(=O)CCN(C(=O)OC(C)(C)C)CC4)cc23)cccc1C(F)(F)F. The molecular formula is C26H30ClF3N5O3P. The summed E-state index contributed by atoms with van der Waals surface area (Å²) in [6, 6.07) is 5.11. The van der Waals surface area contributed by atoms with E-state index < -0.39 is 36.6 Å². The molecule has 1 amide bonds. The highest BCUT2D eigenvalue weighted by Gasteiger charge is 2.36. The lowest BCUT2D eigenvalue weighted by molar-refractivity contribution is -0.138. The van der Waals surface area contributed by atoms with E-state index in [1.807, 2.05) is 0 Å². The molecule has 0 saturated carbocycles. The third-order valence-electron chi connectivity index (χ3n) is 6.57. The largest absolute Gasteiger partial charge is 0.444 e. The zero-order valence-corrected chi connectivity index (χ0v) is 23.9. The van der Waals surface area contributed by atoms with Gasteiger partial charge in [-0.1, -0.05) is 12.1 Å². The number of alkyl halides is 3. The second kappa shape index (κ2) is 10.6. The van der Waals surface area contributed by atoms with Crippen molar-refractivity contribution in [3.05, 3.63) is 52.4 Å². The number of amides is 1. The smallest absolute Gasteiger partial charge is 0.416 e. The van der Waals surface area contributed by atoms with Crippen molar-refractivity contribution in [1.82, 2.24) is 19.9 Å². The van der Waals surface area contributed by atoms with E-state index >= 15 is 0 Å². The third-order valence-corrected chi connectivity index (χ3v) is 9.67. The maximum absolute atomic E-state index is 13.9. The van der Waals surface area contributed by atoms with Gasteiger partial charge in [-0.25, -0.2) is 14.8 Å². The maximum atomic E-state index is 13.9. The number of carbonyl (C=O) groups excluding carboxylic acids is 1. The van der Waals surface area contributed by atoms with Gasteiger partial charge in [0, 0.05) is 30.8 Å². The van der Waals surface area contributed by atoms with Crippen LogP contribution in [0.1, 0.15) is 50.4 Å². The molecule has 0 unspecified atom stereocenters. The van der Waals surface area contributed by atoms with Crippen molar-refractivity contribution in [2.24, 2.45) is 0 Å². The Hall–Kier alpha value is -2.91. The topological polar surface area (TPSA) is 97.3 Å². The molecule has 0 radical (unpaired) electrons. The Kier molecular flexibility index (Phi) is 7.89. The average molecular weight is 584 g/mol. The minimum Gasteiger partial charge on any atom is -0.444 e. The van der Waals surface area contributed by atoms with Crippen molar-refractivity contribution in [3.8, 4) is 0 Å².